The highest BCUT2D eigenvalue weighted by Crippen LogP contribution is 2.61. The topological polar surface area (TPSA) is 71.0 Å². The van der Waals surface area contributed by atoms with Gasteiger partial charge >= 0.3 is 0 Å². The van der Waals surface area contributed by atoms with Crippen molar-refractivity contribution in [3.05, 3.63) is 30.4 Å². The molecule has 5 nitrogen and oxygen atoms in total. The van der Waals surface area contributed by atoms with E-state index < -0.39 is 0 Å². The van der Waals surface area contributed by atoms with Crippen molar-refractivity contribution < 1.29 is 19.7 Å². The number of aliphatic hydroxyl groups excluding tert-OH is 2. The Morgan fingerprint density at radius 3 is 2.72 bits per heavy atom. The quantitative estimate of drug-likeness (QED) is 0.553. The molecule has 1 heterocycles. The summed E-state index contributed by atoms with van der Waals surface area (Å²) in [7, 11) is 0. The van der Waals surface area contributed by atoms with Gasteiger partial charge in [-0.25, -0.2) is 0 Å². The Hall–Kier alpha value is -1.72. The number of ether oxygens (including phenoxy) is 2. The van der Waals surface area contributed by atoms with E-state index in [9.17, 15) is 10.2 Å². The van der Waals surface area contributed by atoms with Crippen LogP contribution in [0.4, 0.5) is 5.69 Å². The molecule has 1 aliphatic heterocycles. The number of hydrogen-bond acceptors (Lipinski definition) is 5. The summed E-state index contributed by atoms with van der Waals surface area (Å²) in [6, 6.07) is 5.97. The number of allylic oxidation sites excluding steroid dienone is 1. The van der Waals surface area contributed by atoms with E-state index in [1.807, 2.05) is 18.2 Å². The van der Waals surface area contributed by atoms with E-state index in [-0.39, 0.29) is 29.8 Å². The van der Waals surface area contributed by atoms with Crippen molar-refractivity contribution in [2.75, 3.05) is 18.7 Å². The lowest BCUT2D eigenvalue weighted by Gasteiger charge is -2.55. The normalized spacial score (nSPS) is 40.9. The average Bonchev–Trinajstić information content (AvgIpc) is 3.35. The fraction of sp³-hybridized carbons (Fsp3) is 0.704. The summed E-state index contributed by atoms with van der Waals surface area (Å²) < 4.78 is 10.9. The highest BCUT2D eigenvalue weighted by molar-refractivity contribution is 5.55. The first-order valence-electron chi connectivity index (χ1n) is 12.5. The van der Waals surface area contributed by atoms with Gasteiger partial charge in [-0.3, -0.25) is 0 Å². The van der Waals surface area contributed by atoms with Crippen LogP contribution in [0.3, 0.4) is 0 Å². The molecule has 1 aromatic carbocycles. The third-order valence-corrected chi connectivity index (χ3v) is 9.73. The Kier molecular flexibility index (Phi) is 5.69. The summed E-state index contributed by atoms with van der Waals surface area (Å²) >= 11 is 0. The molecule has 5 heteroatoms. The van der Waals surface area contributed by atoms with E-state index in [0.29, 0.717) is 17.8 Å². The zero-order valence-corrected chi connectivity index (χ0v) is 19.6. The summed E-state index contributed by atoms with van der Waals surface area (Å²) in [5.74, 6) is 2.62. The molecule has 176 valence electrons. The number of anilines is 1. The van der Waals surface area contributed by atoms with Crippen molar-refractivity contribution in [3.8, 4) is 11.5 Å². The Morgan fingerprint density at radius 1 is 1.06 bits per heavy atom. The maximum Gasteiger partial charge on any atom is 0.231 e. The van der Waals surface area contributed by atoms with Crippen LogP contribution in [0.15, 0.2) is 30.4 Å². The monoisotopic (exact) mass is 441 g/mol. The Labute approximate surface area is 192 Å². The van der Waals surface area contributed by atoms with Gasteiger partial charge in [-0.2, -0.15) is 0 Å². The van der Waals surface area contributed by atoms with Crippen molar-refractivity contribution in [2.24, 2.45) is 28.6 Å². The van der Waals surface area contributed by atoms with Gasteiger partial charge in [0.25, 0.3) is 0 Å². The largest absolute Gasteiger partial charge is 0.454 e. The highest BCUT2D eigenvalue weighted by atomic mass is 16.7. The van der Waals surface area contributed by atoms with Gasteiger partial charge in [-0.15, -0.1) is 0 Å². The van der Waals surface area contributed by atoms with Gasteiger partial charge in [0.05, 0.1) is 12.2 Å². The minimum Gasteiger partial charge on any atom is -0.454 e. The molecule has 3 N–H and O–H groups in total. The van der Waals surface area contributed by atoms with Crippen molar-refractivity contribution in [2.45, 2.75) is 77.4 Å². The average molecular weight is 442 g/mol. The van der Waals surface area contributed by atoms with Crippen LogP contribution in [-0.4, -0.2) is 35.8 Å². The summed E-state index contributed by atoms with van der Waals surface area (Å²) in [6.45, 7) is 10.2. The number of fused-ring (bicyclic) bond motifs is 2. The van der Waals surface area contributed by atoms with Crippen molar-refractivity contribution in [1.82, 2.24) is 0 Å². The van der Waals surface area contributed by atoms with E-state index in [1.165, 1.54) is 5.57 Å². The molecule has 5 rings (SSSR count). The second-order valence-corrected chi connectivity index (χ2v) is 11.2. The van der Waals surface area contributed by atoms with Gasteiger partial charge in [0.15, 0.2) is 11.5 Å². The van der Waals surface area contributed by atoms with E-state index in [0.717, 1.165) is 75.1 Å². The van der Waals surface area contributed by atoms with Crippen LogP contribution in [0, 0.1) is 28.6 Å². The standard InChI is InChI=1S/C27H39NO4/c1-17-4-6-21-25(30)22(9-12-26(17,21)2)27(3)11-8-20(29)14-18(27)10-13-28-19-5-7-23-24(15-19)32-16-31-23/h5,7,15,18,20-22,25,28-30H,1,4,6,8-14,16H2,2-3H3/t18-,20-,21?,22?,25-,26+,27-/m1/s1. The molecule has 0 bridgehead atoms. The second kappa shape index (κ2) is 8.25. The molecular weight excluding hydrogens is 402 g/mol. The van der Waals surface area contributed by atoms with E-state index in [4.69, 9.17) is 9.47 Å². The molecule has 7 atom stereocenters. The molecular formula is C27H39NO4. The third kappa shape index (κ3) is 3.62. The maximum atomic E-state index is 11.6. The first-order valence-corrected chi connectivity index (χ1v) is 12.5. The minimum atomic E-state index is -0.266. The predicted molar refractivity (Wildman–Crippen MR) is 126 cm³/mol. The van der Waals surface area contributed by atoms with Gasteiger partial charge < -0.3 is 25.0 Å². The Morgan fingerprint density at radius 2 is 1.88 bits per heavy atom. The molecule has 0 radical (unpaired) electrons. The number of hydrogen-bond donors (Lipinski definition) is 3. The van der Waals surface area contributed by atoms with E-state index >= 15 is 0 Å². The molecule has 0 aromatic heterocycles. The summed E-state index contributed by atoms with van der Waals surface area (Å²) in [6.07, 6.45) is 7.50. The first-order chi connectivity index (χ1) is 15.3. The van der Waals surface area contributed by atoms with Crippen LogP contribution in [0.5, 0.6) is 11.5 Å². The van der Waals surface area contributed by atoms with Crippen LogP contribution in [0.1, 0.15) is 65.2 Å². The van der Waals surface area contributed by atoms with Crippen LogP contribution in [0.2, 0.25) is 0 Å². The van der Waals surface area contributed by atoms with Crippen LogP contribution in [-0.2, 0) is 0 Å². The Balaban J connectivity index is 1.28. The van der Waals surface area contributed by atoms with Crippen molar-refractivity contribution in [3.63, 3.8) is 0 Å². The van der Waals surface area contributed by atoms with Gasteiger partial charge in [0.2, 0.25) is 6.79 Å². The molecule has 3 saturated carbocycles. The van der Waals surface area contributed by atoms with Gasteiger partial charge in [-0.05, 0) is 92.1 Å². The molecule has 3 aliphatic carbocycles. The molecule has 3 fully saturated rings. The van der Waals surface area contributed by atoms with E-state index in [2.05, 4.69) is 25.7 Å². The zero-order valence-electron chi connectivity index (χ0n) is 19.6. The molecule has 0 amide bonds. The lowest BCUT2D eigenvalue weighted by molar-refractivity contribution is -0.119. The second-order valence-electron chi connectivity index (χ2n) is 11.2. The third-order valence-electron chi connectivity index (χ3n) is 9.73. The fourth-order valence-corrected chi connectivity index (χ4v) is 7.46. The van der Waals surface area contributed by atoms with Crippen molar-refractivity contribution in [1.29, 1.82) is 0 Å². The lowest BCUT2D eigenvalue weighted by Crippen LogP contribution is -2.53. The molecule has 4 aliphatic rings. The first kappa shape index (κ1) is 22.1. The fourth-order valence-electron chi connectivity index (χ4n) is 7.46. The summed E-state index contributed by atoms with van der Waals surface area (Å²) in [4.78, 5) is 0. The smallest absolute Gasteiger partial charge is 0.231 e. The SMILES string of the molecule is C=C1CCC2[C@@H](O)C([C@]3(C)CC[C@@H](O)C[C@H]3CCNc3ccc4c(c3)OCO4)CC[C@@]12C. The molecule has 0 saturated heterocycles. The number of benzene rings is 1. The van der Waals surface area contributed by atoms with Crippen LogP contribution >= 0.6 is 0 Å². The minimum absolute atomic E-state index is 0.0560. The number of rotatable bonds is 5. The van der Waals surface area contributed by atoms with Crippen LogP contribution in [0.25, 0.3) is 0 Å². The number of nitrogens with one attached hydrogen (secondary N) is 1. The summed E-state index contributed by atoms with van der Waals surface area (Å²) in [5.41, 5.74) is 2.54. The zero-order chi connectivity index (χ0) is 22.5. The Bertz CT molecular complexity index is 871. The van der Waals surface area contributed by atoms with Gasteiger partial charge in [0.1, 0.15) is 0 Å². The molecule has 1 aromatic rings. The number of aliphatic hydroxyl groups is 2. The summed E-state index contributed by atoms with van der Waals surface area (Å²) in [5, 5.41) is 25.6. The predicted octanol–water partition coefficient (Wildman–Crippen LogP) is 5.13. The molecule has 0 spiro atoms. The lowest BCUT2D eigenvalue weighted by atomic mass is 9.51. The van der Waals surface area contributed by atoms with Gasteiger partial charge in [-0.1, -0.05) is 26.0 Å². The molecule has 2 unspecified atom stereocenters. The van der Waals surface area contributed by atoms with Crippen molar-refractivity contribution >= 4 is 5.69 Å². The van der Waals surface area contributed by atoms with Gasteiger partial charge in [0, 0.05) is 18.3 Å². The maximum absolute atomic E-state index is 11.6. The highest BCUT2D eigenvalue weighted by Gasteiger charge is 2.56. The van der Waals surface area contributed by atoms with Crippen LogP contribution < -0.4 is 14.8 Å². The molecule has 32 heavy (non-hydrogen) atoms. The van der Waals surface area contributed by atoms with E-state index in [1.54, 1.807) is 0 Å².